The van der Waals surface area contributed by atoms with Gasteiger partial charge in [0.2, 0.25) is 0 Å². The van der Waals surface area contributed by atoms with Crippen molar-refractivity contribution in [1.29, 1.82) is 0 Å². The van der Waals surface area contributed by atoms with E-state index < -0.39 is 0 Å². The molecular weight excluding hydrogens is 342 g/mol. The van der Waals surface area contributed by atoms with Gasteiger partial charge in [0.1, 0.15) is 0 Å². The first-order valence-corrected chi connectivity index (χ1v) is 8.37. The van der Waals surface area contributed by atoms with E-state index in [2.05, 4.69) is 20.7 Å². The summed E-state index contributed by atoms with van der Waals surface area (Å²) in [5, 5.41) is 11.2. The topological polar surface area (TPSA) is 72.7 Å². The molecule has 0 bridgehead atoms. The Morgan fingerprint density at radius 1 is 1.32 bits per heavy atom. The molecule has 0 atom stereocenters. The van der Waals surface area contributed by atoms with E-state index in [1.165, 1.54) is 0 Å². The molecule has 0 aliphatic heterocycles. The van der Waals surface area contributed by atoms with Crippen LogP contribution < -0.4 is 20.1 Å². The Balaban J connectivity index is 1.99. The highest BCUT2D eigenvalue weighted by molar-refractivity contribution is 6.32. The van der Waals surface area contributed by atoms with Crippen molar-refractivity contribution in [3.8, 4) is 11.5 Å². The number of benzene rings is 1. The lowest BCUT2D eigenvalue weighted by Gasteiger charge is -2.15. The van der Waals surface area contributed by atoms with Gasteiger partial charge < -0.3 is 20.1 Å². The third-order valence-corrected chi connectivity index (χ3v) is 3.90. The van der Waals surface area contributed by atoms with Crippen molar-refractivity contribution < 1.29 is 9.47 Å². The van der Waals surface area contributed by atoms with E-state index in [9.17, 15) is 0 Å². The molecule has 1 heterocycles. The molecular formula is C17H24ClN5O2. The predicted octanol–water partition coefficient (Wildman–Crippen LogP) is 2.35. The van der Waals surface area contributed by atoms with Gasteiger partial charge in [-0.15, -0.1) is 0 Å². The first kappa shape index (κ1) is 18.9. The zero-order valence-electron chi connectivity index (χ0n) is 15.0. The minimum absolute atomic E-state index is 0.524. The highest BCUT2D eigenvalue weighted by Gasteiger charge is 2.12. The number of aryl methyl sites for hydroxylation is 1. The van der Waals surface area contributed by atoms with Crippen LogP contribution in [0.1, 0.15) is 18.2 Å². The molecule has 0 fully saturated rings. The van der Waals surface area contributed by atoms with Gasteiger partial charge in [0.05, 0.1) is 31.0 Å². The molecule has 0 saturated heterocycles. The van der Waals surface area contributed by atoms with E-state index in [4.69, 9.17) is 21.1 Å². The number of hydrogen-bond acceptors (Lipinski definition) is 4. The molecule has 0 aliphatic carbocycles. The van der Waals surface area contributed by atoms with Crippen LogP contribution >= 0.6 is 11.6 Å². The third-order valence-electron chi connectivity index (χ3n) is 3.62. The van der Waals surface area contributed by atoms with Gasteiger partial charge in [0.15, 0.2) is 17.5 Å². The summed E-state index contributed by atoms with van der Waals surface area (Å²) < 4.78 is 12.7. The lowest BCUT2D eigenvalue weighted by atomic mass is 10.2. The third kappa shape index (κ3) is 5.03. The van der Waals surface area contributed by atoms with Crippen LogP contribution in [0.2, 0.25) is 5.02 Å². The van der Waals surface area contributed by atoms with Crippen LogP contribution in [0.3, 0.4) is 0 Å². The second-order valence-corrected chi connectivity index (χ2v) is 5.67. The van der Waals surface area contributed by atoms with Crippen LogP contribution in [-0.4, -0.2) is 36.5 Å². The number of guanidine groups is 1. The normalized spacial score (nSPS) is 11.3. The Labute approximate surface area is 153 Å². The van der Waals surface area contributed by atoms with Crippen LogP contribution in [0.15, 0.2) is 29.4 Å². The number of nitrogens with one attached hydrogen (secondary N) is 2. The van der Waals surface area contributed by atoms with Crippen molar-refractivity contribution in [1.82, 2.24) is 20.4 Å². The number of methoxy groups -OCH3 is 1. The average Bonchev–Trinajstić information content (AvgIpc) is 3.02. The molecule has 2 N–H and O–H groups in total. The van der Waals surface area contributed by atoms with Crippen molar-refractivity contribution in [2.24, 2.45) is 12.0 Å². The van der Waals surface area contributed by atoms with Crippen molar-refractivity contribution in [3.63, 3.8) is 0 Å². The molecule has 2 aromatic rings. The number of hydrogen-bond donors (Lipinski definition) is 2. The number of nitrogens with zero attached hydrogens (tertiary/aromatic N) is 3. The van der Waals surface area contributed by atoms with Crippen LogP contribution in [0.25, 0.3) is 0 Å². The van der Waals surface area contributed by atoms with Crippen LogP contribution in [0, 0.1) is 0 Å². The molecule has 1 aromatic carbocycles. The standard InChI is InChI=1S/C17H24ClN5O2/c1-5-25-16-14(18)8-12(9-15(16)24-4)10-20-17(19-2)21-11-13-6-7-22-23(13)3/h6-9H,5,10-11H2,1-4H3,(H2,19,20,21). The number of halogens is 1. The molecule has 0 amide bonds. The Hall–Kier alpha value is -2.41. The minimum atomic E-state index is 0.524. The van der Waals surface area contributed by atoms with Gasteiger partial charge in [-0.05, 0) is 30.7 Å². The van der Waals surface area contributed by atoms with Gasteiger partial charge in [-0.1, -0.05) is 11.6 Å². The van der Waals surface area contributed by atoms with E-state index in [-0.39, 0.29) is 0 Å². The van der Waals surface area contributed by atoms with E-state index in [1.807, 2.05) is 36.9 Å². The molecule has 1 aromatic heterocycles. The largest absolute Gasteiger partial charge is 0.493 e. The number of rotatable bonds is 7. The minimum Gasteiger partial charge on any atom is -0.493 e. The van der Waals surface area contributed by atoms with Gasteiger partial charge >= 0.3 is 0 Å². The zero-order chi connectivity index (χ0) is 18.2. The van der Waals surface area contributed by atoms with Crippen molar-refractivity contribution >= 4 is 17.6 Å². The number of ether oxygens (including phenoxy) is 2. The summed E-state index contributed by atoms with van der Waals surface area (Å²) in [6.45, 7) is 3.61. The number of aliphatic imine (C=N–C) groups is 1. The lowest BCUT2D eigenvalue weighted by Crippen LogP contribution is -2.36. The average molecular weight is 366 g/mol. The van der Waals surface area contributed by atoms with Gasteiger partial charge in [-0.2, -0.15) is 5.10 Å². The Morgan fingerprint density at radius 3 is 2.68 bits per heavy atom. The summed E-state index contributed by atoms with van der Waals surface area (Å²) in [7, 11) is 5.23. The second-order valence-electron chi connectivity index (χ2n) is 5.27. The summed E-state index contributed by atoms with van der Waals surface area (Å²) in [4.78, 5) is 4.22. The highest BCUT2D eigenvalue weighted by Crippen LogP contribution is 2.36. The smallest absolute Gasteiger partial charge is 0.191 e. The molecule has 2 rings (SSSR count). The molecule has 136 valence electrons. The quantitative estimate of drug-likeness (QED) is 0.582. The van der Waals surface area contributed by atoms with Gasteiger partial charge in [0.25, 0.3) is 0 Å². The molecule has 7 nitrogen and oxygen atoms in total. The Kier molecular flexibility index (Phi) is 6.94. The summed E-state index contributed by atoms with van der Waals surface area (Å²) in [5.41, 5.74) is 2.03. The second kappa shape index (κ2) is 9.17. The molecule has 0 spiro atoms. The van der Waals surface area contributed by atoms with Gasteiger partial charge in [-0.3, -0.25) is 9.67 Å². The zero-order valence-corrected chi connectivity index (χ0v) is 15.7. The fraction of sp³-hybridized carbons (Fsp3) is 0.412. The van der Waals surface area contributed by atoms with Crippen LogP contribution in [0.5, 0.6) is 11.5 Å². The molecule has 0 saturated carbocycles. The molecule has 0 unspecified atom stereocenters. The maximum absolute atomic E-state index is 6.30. The molecule has 0 radical (unpaired) electrons. The monoisotopic (exact) mass is 365 g/mol. The van der Waals surface area contributed by atoms with Crippen LogP contribution in [-0.2, 0) is 20.1 Å². The Morgan fingerprint density at radius 2 is 2.08 bits per heavy atom. The highest BCUT2D eigenvalue weighted by atomic mass is 35.5. The van der Waals surface area contributed by atoms with Gasteiger partial charge in [-0.25, -0.2) is 0 Å². The van der Waals surface area contributed by atoms with E-state index in [0.29, 0.717) is 42.2 Å². The summed E-state index contributed by atoms with van der Waals surface area (Å²) >= 11 is 6.30. The van der Waals surface area contributed by atoms with Crippen molar-refractivity contribution in [3.05, 3.63) is 40.7 Å². The number of aromatic nitrogens is 2. The lowest BCUT2D eigenvalue weighted by molar-refractivity contribution is 0.311. The SMILES string of the molecule is CCOc1c(Cl)cc(CNC(=NC)NCc2ccnn2C)cc1OC. The van der Waals surface area contributed by atoms with Crippen molar-refractivity contribution in [2.45, 2.75) is 20.0 Å². The molecule has 0 aliphatic rings. The summed E-state index contributed by atoms with van der Waals surface area (Å²) in [6, 6.07) is 5.71. The fourth-order valence-electron chi connectivity index (χ4n) is 2.32. The van der Waals surface area contributed by atoms with E-state index in [0.717, 1.165) is 11.3 Å². The first-order valence-electron chi connectivity index (χ1n) is 7.99. The van der Waals surface area contributed by atoms with E-state index in [1.54, 1.807) is 20.4 Å². The van der Waals surface area contributed by atoms with Crippen LogP contribution in [0.4, 0.5) is 0 Å². The maximum Gasteiger partial charge on any atom is 0.191 e. The van der Waals surface area contributed by atoms with Crippen molar-refractivity contribution in [2.75, 3.05) is 20.8 Å². The summed E-state index contributed by atoms with van der Waals surface area (Å²) in [5.74, 6) is 1.86. The predicted molar refractivity (Wildman–Crippen MR) is 99.4 cm³/mol. The maximum atomic E-state index is 6.30. The Bertz CT molecular complexity index is 730. The summed E-state index contributed by atoms with van der Waals surface area (Å²) in [6.07, 6.45) is 1.77. The molecule has 25 heavy (non-hydrogen) atoms. The fourth-order valence-corrected chi connectivity index (χ4v) is 2.60. The first-order chi connectivity index (χ1) is 12.1. The van der Waals surface area contributed by atoms with E-state index >= 15 is 0 Å². The van der Waals surface area contributed by atoms with Gasteiger partial charge in [0, 0.05) is 26.8 Å². The molecule has 8 heteroatoms.